The lowest BCUT2D eigenvalue weighted by Crippen LogP contribution is -2.26. The highest BCUT2D eigenvalue weighted by molar-refractivity contribution is 5.64. The first-order valence-corrected chi connectivity index (χ1v) is 8.45. The van der Waals surface area contributed by atoms with Crippen LogP contribution in [0.4, 0.5) is 5.95 Å². The topological polar surface area (TPSA) is 87.0 Å². The van der Waals surface area contributed by atoms with Gasteiger partial charge in [0.15, 0.2) is 0 Å². The van der Waals surface area contributed by atoms with E-state index in [1.165, 1.54) is 0 Å². The fourth-order valence-electron chi connectivity index (χ4n) is 3.84. The molecule has 7 heteroatoms. The average Bonchev–Trinajstić information content (AvgIpc) is 3.09. The zero-order chi connectivity index (χ0) is 17.4. The van der Waals surface area contributed by atoms with Crippen molar-refractivity contribution in [2.75, 3.05) is 31.6 Å². The molecule has 0 spiro atoms. The molecule has 2 fully saturated rings. The summed E-state index contributed by atoms with van der Waals surface area (Å²) in [5.74, 6) is 3.38. The molecule has 0 N–H and O–H groups in total. The molecule has 1 saturated heterocycles. The van der Waals surface area contributed by atoms with Crippen molar-refractivity contribution >= 4 is 5.95 Å². The van der Waals surface area contributed by atoms with Crippen LogP contribution in [0.2, 0.25) is 0 Å². The fraction of sp³-hybridized carbons (Fsp3) is 0.444. The number of hydrogen-bond donors (Lipinski definition) is 0. The summed E-state index contributed by atoms with van der Waals surface area (Å²) in [5, 5.41) is 3.71. The van der Waals surface area contributed by atoms with Gasteiger partial charge in [0.1, 0.15) is 5.75 Å². The summed E-state index contributed by atoms with van der Waals surface area (Å²) >= 11 is 0. The molecule has 2 aliphatic rings. The summed E-state index contributed by atoms with van der Waals surface area (Å²) in [6.07, 6.45) is 1.89. The molecule has 1 saturated carbocycles. The first-order valence-electron chi connectivity index (χ1n) is 8.45. The van der Waals surface area contributed by atoms with E-state index in [-0.39, 0.29) is 0 Å². The van der Waals surface area contributed by atoms with Crippen LogP contribution in [-0.4, -0.2) is 36.7 Å². The van der Waals surface area contributed by atoms with E-state index < -0.39 is 0 Å². The van der Waals surface area contributed by atoms with Gasteiger partial charge in [0, 0.05) is 36.3 Å². The Morgan fingerprint density at radius 1 is 1.28 bits per heavy atom. The number of rotatable bonds is 5. The normalized spacial score (nSPS) is 23.8. The van der Waals surface area contributed by atoms with Gasteiger partial charge < -0.3 is 9.64 Å². The van der Waals surface area contributed by atoms with Crippen molar-refractivity contribution in [2.45, 2.75) is 6.92 Å². The zero-order valence-electron chi connectivity index (χ0n) is 14.3. The Balaban J connectivity index is 1.52. The maximum atomic E-state index is 8.45. The molecule has 0 bridgehead atoms. The van der Waals surface area contributed by atoms with Crippen LogP contribution in [0.25, 0.3) is 21.7 Å². The highest BCUT2D eigenvalue weighted by Gasteiger charge is 2.55. The second-order valence-corrected chi connectivity index (χ2v) is 6.74. The number of azide groups is 1. The second-order valence-electron chi connectivity index (χ2n) is 6.74. The molecule has 2 atom stereocenters. The van der Waals surface area contributed by atoms with E-state index in [4.69, 9.17) is 15.3 Å². The molecular formula is C18H20N6O. The van der Waals surface area contributed by atoms with Crippen LogP contribution < -0.4 is 9.64 Å². The van der Waals surface area contributed by atoms with E-state index in [1.54, 1.807) is 7.11 Å². The first-order chi connectivity index (χ1) is 12.2. The van der Waals surface area contributed by atoms with Crippen LogP contribution in [0, 0.1) is 24.7 Å². The van der Waals surface area contributed by atoms with Crippen LogP contribution in [0.5, 0.6) is 5.75 Å². The molecule has 2 unspecified atom stereocenters. The molecule has 4 rings (SSSR count). The number of aromatic nitrogens is 2. The number of benzene rings is 1. The van der Waals surface area contributed by atoms with E-state index in [2.05, 4.69) is 19.9 Å². The molecule has 1 aromatic heterocycles. The minimum absolute atomic E-state index is 0.540. The highest BCUT2D eigenvalue weighted by atomic mass is 16.5. The van der Waals surface area contributed by atoms with E-state index in [0.717, 1.165) is 41.6 Å². The number of ether oxygens (including phenoxy) is 1. The summed E-state index contributed by atoms with van der Waals surface area (Å²) in [4.78, 5) is 14.5. The molecule has 2 aromatic rings. The predicted molar refractivity (Wildman–Crippen MR) is 95.5 cm³/mol. The molecule has 1 aliphatic heterocycles. The summed E-state index contributed by atoms with van der Waals surface area (Å²) in [6.45, 7) is 4.54. The summed E-state index contributed by atoms with van der Waals surface area (Å²) in [5.41, 5.74) is 11.5. The number of piperidine rings is 1. The maximum absolute atomic E-state index is 8.45. The Bertz CT molecular complexity index is 818. The van der Waals surface area contributed by atoms with Crippen molar-refractivity contribution in [1.29, 1.82) is 0 Å². The van der Waals surface area contributed by atoms with Crippen LogP contribution in [0.3, 0.4) is 0 Å². The van der Waals surface area contributed by atoms with Gasteiger partial charge in [-0.2, -0.15) is 0 Å². The van der Waals surface area contributed by atoms with Crippen molar-refractivity contribution in [3.8, 4) is 17.0 Å². The number of hydrogen-bond acceptors (Lipinski definition) is 5. The molecule has 2 heterocycles. The van der Waals surface area contributed by atoms with Gasteiger partial charge in [-0.3, -0.25) is 0 Å². The lowest BCUT2D eigenvalue weighted by Gasteiger charge is -2.20. The van der Waals surface area contributed by atoms with E-state index in [1.807, 2.05) is 37.4 Å². The summed E-state index contributed by atoms with van der Waals surface area (Å²) in [6, 6.07) is 7.94. The predicted octanol–water partition coefficient (Wildman–Crippen LogP) is 3.45. The lowest BCUT2D eigenvalue weighted by atomic mass is 10.1. The third-order valence-electron chi connectivity index (χ3n) is 5.33. The number of anilines is 1. The van der Waals surface area contributed by atoms with Gasteiger partial charge >= 0.3 is 0 Å². The van der Waals surface area contributed by atoms with Crippen molar-refractivity contribution in [2.24, 2.45) is 22.9 Å². The van der Waals surface area contributed by atoms with E-state index >= 15 is 0 Å². The van der Waals surface area contributed by atoms with Crippen LogP contribution in [-0.2, 0) is 0 Å². The van der Waals surface area contributed by atoms with Crippen LogP contribution in [0.1, 0.15) is 5.56 Å². The Morgan fingerprint density at radius 2 is 2.00 bits per heavy atom. The molecule has 1 aromatic carbocycles. The van der Waals surface area contributed by atoms with E-state index in [9.17, 15) is 0 Å². The van der Waals surface area contributed by atoms with Crippen molar-refractivity contribution in [3.63, 3.8) is 0 Å². The molecule has 0 amide bonds. The number of nitrogens with zero attached hydrogens (tertiary/aromatic N) is 6. The number of methoxy groups -OCH3 is 1. The quantitative estimate of drug-likeness (QED) is 0.475. The largest absolute Gasteiger partial charge is 0.497 e. The second kappa shape index (κ2) is 6.26. The number of aryl methyl sites for hydroxylation is 1. The van der Waals surface area contributed by atoms with Crippen LogP contribution >= 0.6 is 0 Å². The SMILES string of the molecule is COc1ccc(-c2nc(N3CC4C(CN=[N+]=[N-])C4C3)ncc2C)cc1. The van der Waals surface area contributed by atoms with Gasteiger partial charge in [-0.25, -0.2) is 9.97 Å². The Kier molecular flexibility index (Phi) is 3.93. The summed E-state index contributed by atoms with van der Waals surface area (Å²) in [7, 11) is 1.66. The van der Waals surface area contributed by atoms with E-state index in [0.29, 0.717) is 24.3 Å². The molecule has 0 radical (unpaired) electrons. The first kappa shape index (κ1) is 15.7. The smallest absolute Gasteiger partial charge is 0.225 e. The Hall–Kier alpha value is -2.79. The van der Waals surface area contributed by atoms with Gasteiger partial charge in [-0.15, -0.1) is 0 Å². The van der Waals surface area contributed by atoms with Gasteiger partial charge in [0.2, 0.25) is 5.95 Å². The van der Waals surface area contributed by atoms with Gasteiger partial charge in [-0.1, -0.05) is 5.11 Å². The van der Waals surface area contributed by atoms with Gasteiger partial charge in [-0.05, 0) is 60.0 Å². The minimum Gasteiger partial charge on any atom is -0.497 e. The molecule has 7 nitrogen and oxygen atoms in total. The van der Waals surface area contributed by atoms with Gasteiger partial charge in [0.05, 0.1) is 12.8 Å². The van der Waals surface area contributed by atoms with Crippen molar-refractivity contribution in [1.82, 2.24) is 9.97 Å². The Labute approximate surface area is 146 Å². The molecular weight excluding hydrogens is 316 g/mol. The maximum Gasteiger partial charge on any atom is 0.225 e. The molecule has 1 aliphatic carbocycles. The number of fused-ring (bicyclic) bond motifs is 1. The molecule has 25 heavy (non-hydrogen) atoms. The van der Waals surface area contributed by atoms with Gasteiger partial charge in [0.25, 0.3) is 0 Å². The zero-order valence-corrected chi connectivity index (χ0v) is 14.3. The lowest BCUT2D eigenvalue weighted by molar-refractivity contribution is 0.415. The molecule has 128 valence electrons. The highest BCUT2D eigenvalue weighted by Crippen LogP contribution is 2.52. The standard InChI is InChI=1S/C18H20N6O/c1-11-7-20-18(22-17(11)12-3-5-13(25-2)6-4-12)24-9-15-14(8-21-23-19)16(15)10-24/h3-7,14-16H,8-10H2,1-2H3. The third-order valence-corrected chi connectivity index (χ3v) is 5.33. The third kappa shape index (κ3) is 2.87. The van der Waals surface area contributed by atoms with Crippen molar-refractivity contribution in [3.05, 3.63) is 46.5 Å². The van der Waals surface area contributed by atoms with Crippen molar-refractivity contribution < 1.29 is 4.74 Å². The minimum atomic E-state index is 0.540. The Morgan fingerprint density at radius 3 is 2.64 bits per heavy atom. The average molecular weight is 336 g/mol. The monoisotopic (exact) mass is 336 g/mol. The van der Waals surface area contributed by atoms with Crippen LogP contribution in [0.15, 0.2) is 35.6 Å². The summed E-state index contributed by atoms with van der Waals surface area (Å²) < 4.78 is 5.22. The fourth-order valence-corrected chi connectivity index (χ4v) is 3.84.